The summed E-state index contributed by atoms with van der Waals surface area (Å²) in [6.07, 6.45) is 2.62. The van der Waals surface area contributed by atoms with Crippen LogP contribution in [-0.2, 0) is 17.8 Å². The Balaban J connectivity index is 1.79. The van der Waals surface area contributed by atoms with Crippen molar-refractivity contribution < 1.29 is 4.74 Å². The van der Waals surface area contributed by atoms with Crippen molar-refractivity contribution in [1.82, 2.24) is 15.5 Å². The predicted molar refractivity (Wildman–Crippen MR) is 95.6 cm³/mol. The molecule has 1 heterocycles. The average Bonchev–Trinajstić information content (AvgIpc) is 3.08. The summed E-state index contributed by atoms with van der Waals surface area (Å²) in [6.45, 7) is 6.70. The first-order valence-corrected chi connectivity index (χ1v) is 8.53. The molecule has 23 heavy (non-hydrogen) atoms. The molecule has 0 aromatic heterocycles. The smallest absolute Gasteiger partial charge is 0.191 e. The summed E-state index contributed by atoms with van der Waals surface area (Å²) in [5, 5.41) is 6.72. The van der Waals surface area contributed by atoms with Crippen LogP contribution in [0.3, 0.4) is 0 Å². The molecule has 0 aliphatic carbocycles. The van der Waals surface area contributed by atoms with E-state index in [0.717, 1.165) is 51.6 Å². The van der Waals surface area contributed by atoms with Gasteiger partial charge in [0.1, 0.15) is 0 Å². The normalized spacial score (nSPS) is 18.4. The molecule has 5 nitrogen and oxygen atoms in total. The molecule has 1 aromatic rings. The molecule has 1 aromatic carbocycles. The zero-order valence-corrected chi connectivity index (χ0v) is 14.6. The van der Waals surface area contributed by atoms with Gasteiger partial charge in [-0.05, 0) is 37.6 Å². The number of guanidine groups is 1. The van der Waals surface area contributed by atoms with Gasteiger partial charge in [0, 0.05) is 33.3 Å². The van der Waals surface area contributed by atoms with Crippen LogP contribution in [0.2, 0.25) is 0 Å². The van der Waals surface area contributed by atoms with E-state index in [0.29, 0.717) is 6.10 Å². The summed E-state index contributed by atoms with van der Waals surface area (Å²) in [5.74, 6) is 0.830. The van der Waals surface area contributed by atoms with E-state index in [1.807, 2.05) is 0 Å². The van der Waals surface area contributed by atoms with Gasteiger partial charge >= 0.3 is 0 Å². The highest BCUT2D eigenvalue weighted by Gasteiger charge is 2.15. The molecule has 1 aliphatic rings. The number of hydrogen-bond donors (Lipinski definition) is 2. The third kappa shape index (κ3) is 6.20. The highest BCUT2D eigenvalue weighted by atomic mass is 16.5. The number of nitrogens with one attached hydrogen (secondary N) is 2. The maximum atomic E-state index is 5.62. The standard InChI is InChI=1S/C18H30N4O/c1-4-22(3)14-16-8-5-7-15(11-16)12-20-18(19-2)21-13-17-9-6-10-23-17/h5,7-8,11,17H,4,6,9-10,12-14H2,1-3H3,(H2,19,20,21). The highest BCUT2D eigenvalue weighted by Crippen LogP contribution is 2.10. The lowest BCUT2D eigenvalue weighted by Crippen LogP contribution is -2.40. The van der Waals surface area contributed by atoms with Gasteiger partial charge in [-0.3, -0.25) is 4.99 Å². The number of ether oxygens (including phenoxy) is 1. The molecule has 128 valence electrons. The monoisotopic (exact) mass is 318 g/mol. The van der Waals surface area contributed by atoms with Crippen LogP contribution in [0.15, 0.2) is 29.3 Å². The van der Waals surface area contributed by atoms with E-state index in [4.69, 9.17) is 4.74 Å². The molecular weight excluding hydrogens is 288 g/mol. The van der Waals surface area contributed by atoms with Gasteiger partial charge in [0.05, 0.1) is 6.10 Å². The molecule has 0 amide bonds. The van der Waals surface area contributed by atoms with E-state index in [2.05, 4.69) is 58.8 Å². The number of nitrogens with zero attached hydrogens (tertiary/aromatic N) is 2. The van der Waals surface area contributed by atoms with Crippen LogP contribution in [-0.4, -0.2) is 50.8 Å². The molecular formula is C18H30N4O. The maximum absolute atomic E-state index is 5.62. The molecule has 1 fully saturated rings. The van der Waals surface area contributed by atoms with Gasteiger partial charge in [0.2, 0.25) is 0 Å². The Labute approximate surface area is 140 Å². The summed E-state index contributed by atoms with van der Waals surface area (Å²) in [6, 6.07) is 8.71. The summed E-state index contributed by atoms with van der Waals surface area (Å²) >= 11 is 0. The van der Waals surface area contributed by atoms with Crippen LogP contribution in [0.5, 0.6) is 0 Å². The van der Waals surface area contributed by atoms with Gasteiger partial charge in [-0.2, -0.15) is 0 Å². The Bertz CT molecular complexity index is 498. The predicted octanol–water partition coefficient (Wildman–Crippen LogP) is 1.98. The summed E-state index contributed by atoms with van der Waals surface area (Å²) < 4.78 is 5.62. The zero-order valence-electron chi connectivity index (χ0n) is 14.6. The minimum Gasteiger partial charge on any atom is -0.376 e. The molecule has 2 N–H and O–H groups in total. The SMILES string of the molecule is CCN(C)Cc1cccc(CNC(=NC)NCC2CCCO2)c1. The van der Waals surface area contributed by atoms with Gasteiger partial charge < -0.3 is 20.3 Å². The van der Waals surface area contributed by atoms with Gasteiger partial charge in [0.15, 0.2) is 5.96 Å². The Kier molecular flexibility index (Phi) is 7.36. The second kappa shape index (κ2) is 9.53. The van der Waals surface area contributed by atoms with Crippen LogP contribution in [0.1, 0.15) is 30.9 Å². The lowest BCUT2D eigenvalue weighted by molar-refractivity contribution is 0.114. The summed E-state index contributed by atoms with van der Waals surface area (Å²) in [4.78, 5) is 6.58. The Morgan fingerprint density at radius 1 is 1.35 bits per heavy atom. The van der Waals surface area contributed by atoms with Crippen LogP contribution in [0, 0.1) is 0 Å². The zero-order chi connectivity index (χ0) is 16.5. The third-order valence-electron chi connectivity index (χ3n) is 4.19. The van der Waals surface area contributed by atoms with E-state index < -0.39 is 0 Å². The largest absolute Gasteiger partial charge is 0.376 e. The Morgan fingerprint density at radius 3 is 2.87 bits per heavy atom. The molecule has 2 rings (SSSR count). The molecule has 0 bridgehead atoms. The minimum atomic E-state index is 0.321. The topological polar surface area (TPSA) is 48.9 Å². The van der Waals surface area contributed by atoms with Crippen molar-refractivity contribution in [1.29, 1.82) is 0 Å². The fourth-order valence-corrected chi connectivity index (χ4v) is 2.68. The molecule has 1 unspecified atom stereocenters. The quantitative estimate of drug-likeness (QED) is 0.596. The molecule has 5 heteroatoms. The molecule has 1 aliphatic heterocycles. The fraction of sp³-hybridized carbons (Fsp3) is 0.611. The minimum absolute atomic E-state index is 0.321. The second-order valence-electron chi connectivity index (χ2n) is 6.09. The fourth-order valence-electron chi connectivity index (χ4n) is 2.68. The number of rotatable bonds is 7. The van der Waals surface area contributed by atoms with Crippen molar-refractivity contribution in [2.24, 2.45) is 4.99 Å². The van der Waals surface area contributed by atoms with Gasteiger partial charge in [-0.25, -0.2) is 0 Å². The van der Waals surface area contributed by atoms with Crippen molar-refractivity contribution in [2.75, 3.05) is 33.8 Å². The number of benzene rings is 1. The lowest BCUT2D eigenvalue weighted by atomic mass is 10.1. The summed E-state index contributed by atoms with van der Waals surface area (Å²) in [5.41, 5.74) is 2.61. The molecule has 1 atom stereocenters. The number of hydrogen-bond acceptors (Lipinski definition) is 3. The van der Waals surface area contributed by atoms with E-state index in [1.54, 1.807) is 7.05 Å². The van der Waals surface area contributed by atoms with E-state index in [1.165, 1.54) is 11.1 Å². The van der Waals surface area contributed by atoms with Crippen LogP contribution in [0.4, 0.5) is 0 Å². The molecule has 0 spiro atoms. The lowest BCUT2D eigenvalue weighted by Gasteiger charge is -2.16. The number of aliphatic imine (C=N–C) groups is 1. The van der Waals surface area contributed by atoms with Gasteiger partial charge in [0.25, 0.3) is 0 Å². The van der Waals surface area contributed by atoms with Crippen molar-refractivity contribution in [3.63, 3.8) is 0 Å². The first-order valence-electron chi connectivity index (χ1n) is 8.53. The van der Waals surface area contributed by atoms with Crippen molar-refractivity contribution in [3.05, 3.63) is 35.4 Å². The van der Waals surface area contributed by atoms with Crippen LogP contribution < -0.4 is 10.6 Å². The Hall–Kier alpha value is -1.59. The summed E-state index contributed by atoms with van der Waals surface area (Å²) in [7, 11) is 3.94. The van der Waals surface area contributed by atoms with Crippen LogP contribution in [0.25, 0.3) is 0 Å². The first-order chi connectivity index (χ1) is 11.2. The highest BCUT2D eigenvalue weighted by molar-refractivity contribution is 5.79. The first kappa shape index (κ1) is 17.8. The molecule has 1 saturated heterocycles. The van der Waals surface area contributed by atoms with Crippen molar-refractivity contribution in [2.45, 2.75) is 39.0 Å². The van der Waals surface area contributed by atoms with E-state index >= 15 is 0 Å². The Morgan fingerprint density at radius 2 is 2.17 bits per heavy atom. The molecule has 0 radical (unpaired) electrons. The maximum Gasteiger partial charge on any atom is 0.191 e. The third-order valence-corrected chi connectivity index (χ3v) is 4.19. The average molecular weight is 318 g/mol. The van der Waals surface area contributed by atoms with E-state index in [-0.39, 0.29) is 0 Å². The molecule has 0 saturated carbocycles. The van der Waals surface area contributed by atoms with Gasteiger partial charge in [-0.15, -0.1) is 0 Å². The van der Waals surface area contributed by atoms with Crippen LogP contribution >= 0.6 is 0 Å². The van der Waals surface area contributed by atoms with Crippen molar-refractivity contribution in [3.8, 4) is 0 Å². The van der Waals surface area contributed by atoms with Gasteiger partial charge in [-0.1, -0.05) is 31.2 Å². The van der Waals surface area contributed by atoms with E-state index in [9.17, 15) is 0 Å². The van der Waals surface area contributed by atoms with Crippen molar-refractivity contribution >= 4 is 5.96 Å². The second-order valence-corrected chi connectivity index (χ2v) is 6.09.